The molecule has 0 spiro atoms. The van der Waals surface area contributed by atoms with Crippen LogP contribution in [0.2, 0.25) is 0 Å². The number of fused-ring (bicyclic) bond motifs is 2. The highest BCUT2D eigenvalue weighted by atomic mass is 19.1. The molecular formula is C31H31FN8O. The molecule has 0 saturated heterocycles. The van der Waals surface area contributed by atoms with E-state index in [1.165, 1.54) is 12.1 Å². The fraction of sp³-hybridized carbons (Fsp3) is 0.226. The Balaban J connectivity index is 1.37. The van der Waals surface area contributed by atoms with Crippen molar-refractivity contribution < 1.29 is 9.13 Å². The number of pyridine rings is 3. The number of likely N-dealkylation sites (N-methyl/N-ethyl adjacent to an activating group) is 1. The number of rotatable bonds is 9. The molecule has 0 bridgehead atoms. The van der Waals surface area contributed by atoms with E-state index in [1.807, 2.05) is 69.9 Å². The Bertz CT molecular complexity index is 1840. The minimum absolute atomic E-state index is 0.356. The van der Waals surface area contributed by atoms with Crippen LogP contribution in [-0.4, -0.2) is 81.3 Å². The molecule has 0 aliphatic carbocycles. The third-order valence-corrected chi connectivity index (χ3v) is 6.83. The van der Waals surface area contributed by atoms with Crippen molar-refractivity contribution in [1.29, 1.82) is 0 Å². The maximum atomic E-state index is 14.6. The van der Waals surface area contributed by atoms with Gasteiger partial charge in [0.2, 0.25) is 0 Å². The summed E-state index contributed by atoms with van der Waals surface area (Å²) in [4.78, 5) is 21.1. The van der Waals surface area contributed by atoms with Gasteiger partial charge in [-0.3, -0.25) is 10.1 Å². The predicted molar refractivity (Wildman–Crippen MR) is 159 cm³/mol. The summed E-state index contributed by atoms with van der Waals surface area (Å²) in [7, 11) is 8.01. The Labute approximate surface area is 237 Å². The highest BCUT2D eigenvalue weighted by molar-refractivity contribution is 5.99. The molecular weight excluding hydrogens is 519 g/mol. The summed E-state index contributed by atoms with van der Waals surface area (Å²) in [5.41, 5.74) is 7.51. The van der Waals surface area contributed by atoms with Gasteiger partial charge in [-0.15, -0.1) is 0 Å². The van der Waals surface area contributed by atoms with Crippen LogP contribution in [0.4, 0.5) is 4.39 Å². The van der Waals surface area contributed by atoms with E-state index in [4.69, 9.17) is 4.74 Å². The molecule has 5 aromatic heterocycles. The van der Waals surface area contributed by atoms with Crippen molar-refractivity contribution in [1.82, 2.24) is 39.9 Å². The van der Waals surface area contributed by atoms with Crippen LogP contribution in [0.3, 0.4) is 0 Å². The average Bonchev–Trinajstić information content (AvgIpc) is 3.56. The summed E-state index contributed by atoms with van der Waals surface area (Å²) < 4.78 is 20.5. The van der Waals surface area contributed by atoms with Crippen LogP contribution in [0.1, 0.15) is 5.56 Å². The molecule has 5 heterocycles. The lowest BCUT2D eigenvalue weighted by Gasteiger charge is -2.12. The van der Waals surface area contributed by atoms with Gasteiger partial charge in [-0.1, -0.05) is 0 Å². The molecule has 0 unspecified atom stereocenters. The molecule has 0 fully saturated rings. The smallest absolute Gasteiger partial charge is 0.181 e. The number of ether oxygens (including phenoxy) is 1. The van der Waals surface area contributed by atoms with E-state index in [-0.39, 0.29) is 5.82 Å². The first kappa shape index (κ1) is 26.5. The van der Waals surface area contributed by atoms with Gasteiger partial charge in [-0.2, -0.15) is 5.10 Å². The SMILES string of the molecule is CN(C)CCOc1cc(F)cc(-c2ccnc3[nH]c(-c4[nH]nc5ncc(-c6cncc(CN(C)C)c6)cc45)cc23)c1. The van der Waals surface area contributed by atoms with Crippen molar-refractivity contribution in [2.75, 3.05) is 41.3 Å². The second-order valence-electron chi connectivity index (χ2n) is 10.6. The lowest BCUT2D eigenvalue weighted by Crippen LogP contribution is -2.19. The molecule has 6 rings (SSSR count). The number of nitrogens with one attached hydrogen (secondary N) is 2. The first-order valence-electron chi connectivity index (χ1n) is 13.3. The van der Waals surface area contributed by atoms with E-state index >= 15 is 0 Å². The van der Waals surface area contributed by atoms with Crippen molar-refractivity contribution in [2.24, 2.45) is 0 Å². The maximum Gasteiger partial charge on any atom is 0.181 e. The Hall–Kier alpha value is -4.67. The van der Waals surface area contributed by atoms with Gasteiger partial charge in [0, 0.05) is 65.8 Å². The van der Waals surface area contributed by atoms with Crippen LogP contribution in [0.5, 0.6) is 5.75 Å². The van der Waals surface area contributed by atoms with E-state index in [0.29, 0.717) is 29.2 Å². The van der Waals surface area contributed by atoms with Crippen molar-refractivity contribution in [3.8, 4) is 39.4 Å². The number of H-pyrrole nitrogens is 2. The quantitative estimate of drug-likeness (QED) is 0.250. The minimum Gasteiger partial charge on any atom is -0.492 e. The lowest BCUT2D eigenvalue weighted by atomic mass is 10.0. The maximum absolute atomic E-state index is 14.6. The van der Waals surface area contributed by atoms with Crippen LogP contribution in [0.25, 0.3) is 55.7 Å². The molecule has 0 atom stereocenters. The molecule has 208 valence electrons. The van der Waals surface area contributed by atoms with Crippen LogP contribution >= 0.6 is 0 Å². The Kier molecular flexibility index (Phi) is 7.17. The van der Waals surface area contributed by atoms with Crippen LogP contribution < -0.4 is 4.74 Å². The van der Waals surface area contributed by atoms with Crippen molar-refractivity contribution >= 4 is 22.1 Å². The largest absolute Gasteiger partial charge is 0.492 e. The van der Waals surface area contributed by atoms with Crippen LogP contribution in [0.15, 0.2) is 67.3 Å². The number of hydrogen-bond acceptors (Lipinski definition) is 7. The van der Waals surface area contributed by atoms with Crippen molar-refractivity contribution in [3.63, 3.8) is 0 Å². The minimum atomic E-state index is -0.356. The molecule has 6 aromatic rings. The summed E-state index contributed by atoms with van der Waals surface area (Å²) >= 11 is 0. The van der Waals surface area contributed by atoms with E-state index in [0.717, 1.165) is 57.5 Å². The number of aromatic amines is 2. The first-order chi connectivity index (χ1) is 19.8. The number of aromatic nitrogens is 6. The van der Waals surface area contributed by atoms with Gasteiger partial charge < -0.3 is 19.5 Å². The number of halogens is 1. The molecule has 1 aromatic carbocycles. The first-order valence-corrected chi connectivity index (χ1v) is 13.3. The summed E-state index contributed by atoms with van der Waals surface area (Å²) in [6.07, 6.45) is 7.26. The lowest BCUT2D eigenvalue weighted by molar-refractivity contribution is 0.260. The molecule has 0 aliphatic rings. The standard InChI is InChI=1S/C31H31FN8O/c1-39(2)7-8-41-24-11-20(10-23(32)13-24)25-5-6-34-30-26(25)14-28(36-30)29-27-12-22(17-35-31(27)38-37-29)21-9-19(15-33-16-21)18-40(3)4/h5-6,9-17H,7-8,18H2,1-4H3,(H,34,36)(H,35,37,38). The molecule has 0 amide bonds. The van der Waals surface area contributed by atoms with E-state index in [9.17, 15) is 4.39 Å². The predicted octanol–water partition coefficient (Wildman–Crippen LogP) is 5.37. The topological polar surface area (TPSA) is 98.8 Å². The van der Waals surface area contributed by atoms with Gasteiger partial charge >= 0.3 is 0 Å². The summed E-state index contributed by atoms with van der Waals surface area (Å²) in [6.45, 7) is 2.00. The Morgan fingerprint density at radius 2 is 1.71 bits per heavy atom. The molecule has 0 radical (unpaired) electrons. The monoisotopic (exact) mass is 550 g/mol. The summed E-state index contributed by atoms with van der Waals surface area (Å²) in [6, 6.07) is 12.9. The van der Waals surface area contributed by atoms with Crippen LogP contribution in [-0.2, 0) is 6.54 Å². The van der Waals surface area contributed by atoms with E-state index in [2.05, 4.69) is 47.2 Å². The van der Waals surface area contributed by atoms with Crippen molar-refractivity contribution in [3.05, 3.63) is 78.6 Å². The number of benzene rings is 1. The zero-order chi connectivity index (χ0) is 28.5. The Morgan fingerprint density at radius 3 is 2.54 bits per heavy atom. The fourth-order valence-corrected chi connectivity index (χ4v) is 4.92. The summed E-state index contributed by atoms with van der Waals surface area (Å²) in [5.74, 6) is 0.134. The second kappa shape index (κ2) is 11.1. The molecule has 10 heteroatoms. The average molecular weight is 551 g/mol. The molecule has 9 nitrogen and oxygen atoms in total. The Morgan fingerprint density at radius 1 is 0.854 bits per heavy atom. The van der Waals surface area contributed by atoms with Gasteiger partial charge in [0.05, 0.1) is 11.4 Å². The van der Waals surface area contributed by atoms with E-state index < -0.39 is 0 Å². The third-order valence-electron chi connectivity index (χ3n) is 6.83. The molecule has 0 aliphatic heterocycles. The third kappa shape index (κ3) is 5.65. The number of hydrogen-bond donors (Lipinski definition) is 2. The normalized spacial score (nSPS) is 11.8. The van der Waals surface area contributed by atoms with E-state index in [1.54, 1.807) is 6.20 Å². The highest BCUT2D eigenvalue weighted by Gasteiger charge is 2.16. The zero-order valence-corrected chi connectivity index (χ0v) is 23.4. The van der Waals surface area contributed by atoms with Crippen LogP contribution in [0, 0.1) is 5.82 Å². The van der Waals surface area contributed by atoms with Gasteiger partial charge in [0.25, 0.3) is 0 Å². The highest BCUT2D eigenvalue weighted by Crippen LogP contribution is 2.35. The van der Waals surface area contributed by atoms with Gasteiger partial charge in [0.1, 0.15) is 23.8 Å². The van der Waals surface area contributed by atoms with Gasteiger partial charge in [-0.25, -0.2) is 14.4 Å². The molecule has 0 saturated carbocycles. The number of nitrogens with zero attached hydrogens (tertiary/aromatic N) is 6. The zero-order valence-electron chi connectivity index (χ0n) is 23.4. The van der Waals surface area contributed by atoms with Crippen molar-refractivity contribution in [2.45, 2.75) is 6.54 Å². The fourth-order valence-electron chi connectivity index (χ4n) is 4.92. The van der Waals surface area contributed by atoms with Gasteiger partial charge in [0.15, 0.2) is 5.65 Å². The van der Waals surface area contributed by atoms with Gasteiger partial charge in [-0.05, 0) is 81.3 Å². The second-order valence-corrected chi connectivity index (χ2v) is 10.6. The molecule has 2 N–H and O–H groups in total. The molecule has 41 heavy (non-hydrogen) atoms. The summed E-state index contributed by atoms with van der Waals surface area (Å²) in [5, 5.41) is 9.30.